The maximum atomic E-state index is 2.39. The van der Waals surface area contributed by atoms with Crippen LogP contribution in [0.3, 0.4) is 0 Å². The van der Waals surface area contributed by atoms with Gasteiger partial charge in [0.25, 0.3) is 0 Å². The van der Waals surface area contributed by atoms with Crippen LogP contribution in [-0.2, 0) is 13.1 Å². The fraction of sp³-hybridized carbons (Fsp3) is 0.700. The predicted molar refractivity (Wildman–Crippen MR) is 106 cm³/mol. The van der Waals surface area contributed by atoms with Gasteiger partial charge in [0.05, 0.1) is 0 Å². The number of nitrogens with zero attached hydrogens (tertiary/aromatic N) is 2. The summed E-state index contributed by atoms with van der Waals surface area (Å²) in [7, 11) is 8.74. The number of hydrogen-bond donors (Lipinski definition) is 0. The summed E-state index contributed by atoms with van der Waals surface area (Å²) in [5.41, 5.74) is 3.15. The monoisotopic (exact) mass is 332 g/mol. The summed E-state index contributed by atoms with van der Waals surface area (Å²) >= 11 is -0.958. The predicted octanol–water partition coefficient (Wildman–Crippen LogP) is 3.82. The van der Waals surface area contributed by atoms with Gasteiger partial charge in [0.15, 0.2) is 0 Å². The van der Waals surface area contributed by atoms with E-state index in [0.717, 1.165) is 24.9 Å². The highest BCUT2D eigenvalue weighted by Gasteiger charge is 2.27. The fourth-order valence-electron chi connectivity index (χ4n) is 3.62. The van der Waals surface area contributed by atoms with Crippen molar-refractivity contribution in [2.75, 3.05) is 28.2 Å². The Kier molecular flexibility index (Phi) is 8.87. The lowest BCUT2D eigenvalue weighted by atomic mass is 10.1. The highest BCUT2D eigenvalue weighted by Crippen LogP contribution is 2.19. The van der Waals surface area contributed by atoms with Crippen LogP contribution in [0.2, 0.25) is 10.6 Å². The van der Waals surface area contributed by atoms with Gasteiger partial charge in [-0.3, -0.25) is 0 Å². The van der Waals surface area contributed by atoms with Crippen molar-refractivity contribution < 1.29 is 0 Å². The van der Waals surface area contributed by atoms with Crippen molar-refractivity contribution >= 4 is 18.6 Å². The van der Waals surface area contributed by atoms with Gasteiger partial charge in [-0.25, -0.2) is 0 Å². The Hall–Kier alpha value is -0.328. The Balaban J connectivity index is 3.32. The topological polar surface area (TPSA) is 6.48 Å². The minimum absolute atomic E-state index is 0.796. The van der Waals surface area contributed by atoms with Gasteiger partial charge < -0.3 is 9.80 Å². The molecule has 2 nitrogen and oxygen atoms in total. The van der Waals surface area contributed by atoms with Crippen LogP contribution in [0.25, 0.3) is 0 Å². The molecule has 0 aliphatic carbocycles. The molecule has 0 heterocycles. The zero-order valence-corrected chi connectivity index (χ0v) is 17.8. The first-order valence-electron chi connectivity index (χ1n) is 9.10. The molecule has 23 heavy (non-hydrogen) atoms. The molecule has 0 aromatic heterocycles. The molecule has 0 aliphatic rings. The van der Waals surface area contributed by atoms with Crippen molar-refractivity contribution in [3.63, 3.8) is 0 Å². The van der Waals surface area contributed by atoms with Gasteiger partial charge in [0.2, 0.25) is 0 Å². The number of rotatable bonds is 9. The quantitative estimate of drug-likeness (QED) is 0.634. The van der Waals surface area contributed by atoms with Gasteiger partial charge >= 0.3 is 14.1 Å². The Morgan fingerprint density at radius 1 is 0.783 bits per heavy atom. The molecular formula is C20H37AlN2. The standard InChI is InChI=1S/C12H19N2.2C4H9.Al/c1-13(2)9-11-6-5-7-12(8-11)10-14(3)4;2*1-4(2)3;/h5-7H,9-10H2,1-4H3;2*4H,1H2,2-3H3;. The van der Waals surface area contributed by atoms with E-state index in [0.29, 0.717) is 0 Å². The largest absolute Gasteiger partial charge is 0.307 e. The van der Waals surface area contributed by atoms with Gasteiger partial charge in [0.1, 0.15) is 0 Å². The van der Waals surface area contributed by atoms with E-state index in [4.69, 9.17) is 0 Å². The third-order valence-electron chi connectivity index (χ3n) is 4.18. The van der Waals surface area contributed by atoms with E-state index in [1.165, 1.54) is 10.6 Å². The van der Waals surface area contributed by atoms with Crippen molar-refractivity contribution in [3.05, 3.63) is 29.3 Å². The summed E-state index contributed by atoms with van der Waals surface area (Å²) in [5, 5.41) is 2.84. The van der Waals surface area contributed by atoms with Crippen molar-refractivity contribution in [2.45, 2.75) is 51.4 Å². The molecule has 1 aromatic carbocycles. The highest BCUT2D eigenvalue weighted by molar-refractivity contribution is 6.74. The van der Waals surface area contributed by atoms with E-state index in [2.05, 4.69) is 83.9 Å². The molecule has 0 spiro atoms. The Morgan fingerprint density at radius 3 is 1.48 bits per heavy atom. The van der Waals surface area contributed by atoms with Gasteiger partial charge in [-0.05, 0) is 39.3 Å². The lowest BCUT2D eigenvalue weighted by molar-refractivity contribution is 0.397. The van der Waals surface area contributed by atoms with Crippen LogP contribution in [0.1, 0.15) is 38.8 Å². The Bertz CT molecular complexity index is 428. The van der Waals surface area contributed by atoms with E-state index in [-0.39, 0.29) is 0 Å². The van der Waals surface area contributed by atoms with E-state index in [1.54, 1.807) is 15.6 Å². The minimum Gasteiger partial charge on any atom is -0.305 e. The van der Waals surface area contributed by atoms with E-state index in [1.807, 2.05) is 0 Å². The highest BCUT2D eigenvalue weighted by atomic mass is 27.2. The Morgan fingerprint density at radius 2 is 1.17 bits per heavy atom. The third-order valence-corrected chi connectivity index (χ3v) is 8.76. The van der Waals surface area contributed by atoms with Crippen LogP contribution in [0, 0.1) is 11.8 Å². The minimum atomic E-state index is -0.958. The van der Waals surface area contributed by atoms with Crippen LogP contribution in [0.15, 0.2) is 18.2 Å². The zero-order valence-electron chi connectivity index (χ0n) is 16.7. The molecule has 130 valence electrons. The molecule has 0 amide bonds. The summed E-state index contributed by atoms with van der Waals surface area (Å²) in [4.78, 5) is 4.63. The van der Waals surface area contributed by atoms with Gasteiger partial charge in [-0.2, -0.15) is 0 Å². The van der Waals surface area contributed by atoms with Crippen molar-refractivity contribution in [3.8, 4) is 0 Å². The molecule has 0 bridgehead atoms. The molecule has 0 unspecified atom stereocenters. The lowest BCUT2D eigenvalue weighted by Gasteiger charge is -2.26. The van der Waals surface area contributed by atoms with E-state index < -0.39 is 14.1 Å². The molecule has 0 N–H and O–H groups in total. The average molecular weight is 333 g/mol. The normalized spacial score (nSPS) is 12.0. The van der Waals surface area contributed by atoms with Crippen molar-refractivity contribution in [2.24, 2.45) is 11.8 Å². The molecule has 0 saturated carbocycles. The zero-order chi connectivity index (χ0) is 17.6. The molecule has 0 fully saturated rings. The molecular weight excluding hydrogens is 295 g/mol. The molecule has 1 aromatic rings. The SMILES string of the molecule is CC(C)[CH2][Al]([CH2]C(C)C)[c]1c(CN(C)C)cccc1CN(C)C. The molecule has 0 saturated heterocycles. The summed E-state index contributed by atoms with van der Waals surface area (Å²) in [6, 6.07) is 7.00. The van der Waals surface area contributed by atoms with Crippen molar-refractivity contribution in [1.29, 1.82) is 0 Å². The maximum absolute atomic E-state index is 2.39. The molecule has 1 rings (SSSR count). The van der Waals surface area contributed by atoms with Gasteiger partial charge in [-0.15, -0.1) is 4.43 Å². The second kappa shape index (κ2) is 9.84. The first-order chi connectivity index (χ1) is 10.7. The third kappa shape index (κ3) is 7.40. The van der Waals surface area contributed by atoms with Crippen LogP contribution in [0.4, 0.5) is 0 Å². The summed E-state index contributed by atoms with van der Waals surface area (Å²) in [6.07, 6.45) is 0. The first kappa shape index (κ1) is 20.7. The summed E-state index contributed by atoms with van der Waals surface area (Å²) < 4.78 is 1.76. The molecule has 0 aliphatic heterocycles. The van der Waals surface area contributed by atoms with Crippen LogP contribution >= 0.6 is 0 Å². The second-order valence-electron chi connectivity index (χ2n) is 8.42. The van der Waals surface area contributed by atoms with Gasteiger partial charge in [-0.1, -0.05) is 68.3 Å². The average Bonchev–Trinajstić information content (AvgIpc) is 2.35. The molecule has 0 atom stereocenters. The van der Waals surface area contributed by atoms with Crippen LogP contribution in [0.5, 0.6) is 0 Å². The van der Waals surface area contributed by atoms with E-state index in [9.17, 15) is 0 Å². The smallest absolute Gasteiger partial charge is 0.305 e. The molecule has 3 heteroatoms. The number of benzene rings is 1. The van der Waals surface area contributed by atoms with Crippen LogP contribution < -0.4 is 4.43 Å². The first-order valence-corrected chi connectivity index (χ1v) is 11.3. The van der Waals surface area contributed by atoms with Crippen molar-refractivity contribution in [1.82, 2.24) is 9.80 Å². The maximum Gasteiger partial charge on any atom is 0.307 e. The lowest BCUT2D eigenvalue weighted by Crippen LogP contribution is -2.40. The summed E-state index contributed by atoms with van der Waals surface area (Å²) in [6.45, 7) is 11.7. The van der Waals surface area contributed by atoms with Gasteiger partial charge in [0, 0.05) is 13.1 Å². The molecule has 0 radical (unpaired) electrons. The number of hydrogen-bond acceptors (Lipinski definition) is 2. The summed E-state index contributed by atoms with van der Waals surface area (Å²) in [5.74, 6) is 1.59. The Labute approximate surface area is 149 Å². The van der Waals surface area contributed by atoms with E-state index >= 15 is 0 Å². The van der Waals surface area contributed by atoms with Crippen LogP contribution in [-0.4, -0.2) is 52.1 Å². The second-order valence-corrected chi connectivity index (χ2v) is 11.3. The fourth-order valence-corrected chi connectivity index (χ4v) is 7.98.